The molecule has 0 aliphatic rings. The van der Waals surface area contributed by atoms with Gasteiger partial charge in [-0.1, -0.05) is 30.3 Å². The van der Waals surface area contributed by atoms with Crippen molar-refractivity contribution in [1.82, 2.24) is 9.97 Å². The topological polar surface area (TPSA) is 142 Å². The molecule has 4 N–H and O–H groups in total. The van der Waals surface area contributed by atoms with Crippen LogP contribution in [0.25, 0.3) is 11.4 Å². The zero-order valence-electron chi connectivity index (χ0n) is 13.6. The van der Waals surface area contributed by atoms with Gasteiger partial charge in [0.2, 0.25) is 5.75 Å². The van der Waals surface area contributed by atoms with Crippen molar-refractivity contribution >= 4 is 28.4 Å². The van der Waals surface area contributed by atoms with Crippen LogP contribution in [0, 0.1) is 0 Å². The molecule has 10 heteroatoms. The lowest BCUT2D eigenvalue weighted by Gasteiger charge is -2.08. The monoisotopic (exact) mass is 387 g/mol. The Bertz CT molecular complexity index is 1040. The van der Waals surface area contributed by atoms with E-state index in [2.05, 4.69) is 15.3 Å². The molecule has 1 amide bonds. The number of hydrogen-bond donors (Lipinski definition) is 4. The van der Waals surface area contributed by atoms with E-state index in [-0.39, 0.29) is 18.0 Å². The summed E-state index contributed by atoms with van der Waals surface area (Å²) < 4.78 is 5.13. The number of nitrogens with zero attached hydrogens (tertiary/aromatic N) is 1. The molecule has 0 saturated carbocycles. The van der Waals surface area contributed by atoms with Gasteiger partial charge in [0, 0.05) is 0 Å². The van der Waals surface area contributed by atoms with Crippen LogP contribution in [0.3, 0.4) is 0 Å². The predicted octanol–water partition coefficient (Wildman–Crippen LogP) is 2.65. The molecule has 0 bridgehead atoms. The Balaban J connectivity index is 1.79. The van der Waals surface area contributed by atoms with E-state index in [9.17, 15) is 19.5 Å². The Morgan fingerprint density at radius 3 is 2.67 bits per heavy atom. The summed E-state index contributed by atoms with van der Waals surface area (Å²) in [5.41, 5.74) is -0.676. The van der Waals surface area contributed by atoms with Crippen LogP contribution in [0.1, 0.15) is 16.1 Å². The van der Waals surface area contributed by atoms with Crippen LogP contribution in [0.15, 0.2) is 46.6 Å². The van der Waals surface area contributed by atoms with Crippen LogP contribution in [0.2, 0.25) is 0 Å². The maximum atomic E-state index is 12.0. The van der Waals surface area contributed by atoms with Crippen LogP contribution in [0.4, 0.5) is 9.80 Å². The van der Waals surface area contributed by atoms with E-state index in [1.165, 1.54) is 0 Å². The van der Waals surface area contributed by atoms with Crippen LogP contribution >= 0.6 is 11.3 Å². The summed E-state index contributed by atoms with van der Waals surface area (Å²) in [6.45, 7) is 0.0742. The van der Waals surface area contributed by atoms with E-state index in [4.69, 9.17) is 9.84 Å². The SMILES string of the molecule is O=C(Nc1sccc1-c1nc(C(=O)O)c(O)c(=O)[nH]1)OCc1ccccc1. The molecular formula is C17H13N3O6S. The molecule has 0 aliphatic carbocycles. The Morgan fingerprint density at radius 2 is 1.96 bits per heavy atom. The fraction of sp³-hybridized carbons (Fsp3) is 0.0588. The molecule has 3 aromatic rings. The molecule has 1 aromatic carbocycles. The number of anilines is 1. The maximum absolute atomic E-state index is 12.0. The first-order chi connectivity index (χ1) is 13.0. The predicted molar refractivity (Wildman–Crippen MR) is 97.0 cm³/mol. The number of carbonyl (C=O) groups is 2. The van der Waals surface area contributed by atoms with Gasteiger partial charge in [0.1, 0.15) is 17.4 Å². The number of thiophene rings is 1. The van der Waals surface area contributed by atoms with Crippen LogP contribution in [-0.2, 0) is 11.3 Å². The second kappa shape index (κ2) is 7.70. The summed E-state index contributed by atoms with van der Waals surface area (Å²) in [5.74, 6) is -2.64. The summed E-state index contributed by atoms with van der Waals surface area (Å²) in [7, 11) is 0. The molecule has 0 atom stereocenters. The lowest BCUT2D eigenvalue weighted by molar-refractivity contribution is 0.0686. The number of rotatable bonds is 5. The van der Waals surface area contributed by atoms with Crippen LogP contribution in [0.5, 0.6) is 5.75 Å². The third-order valence-electron chi connectivity index (χ3n) is 3.45. The fourth-order valence-corrected chi connectivity index (χ4v) is 2.96. The average molecular weight is 387 g/mol. The molecule has 2 heterocycles. The number of aromatic amines is 1. The van der Waals surface area contributed by atoms with E-state index >= 15 is 0 Å². The summed E-state index contributed by atoms with van der Waals surface area (Å²) in [6, 6.07) is 10.6. The summed E-state index contributed by atoms with van der Waals surface area (Å²) in [4.78, 5) is 40.9. The molecule has 3 rings (SSSR count). The Hall–Kier alpha value is -3.66. The van der Waals surface area contributed by atoms with E-state index in [1.54, 1.807) is 11.4 Å². The van der Waals surface area contributed by atoms with Gasteiger partial charge in [-0.05, 0) is 17.0 Å². The molecule has 2 aromatic heterocycles. The second-order valence-corrected chi connectivity index (χ2v) is 6.18. The molecule has 0 saturated heterocycles. The lowest BCUT2D eigenvalue weighted by Crippen LogP contribution is -2.16. The number of ether oxygens (including phenoxy) is 1. The number of nitrogens with one attached hydrogen (secondary N) is 2. The number of hydrogen-bond acceptors (Lipinski definition) is 7. The van der Waals surface area contributed by atoms with Crippen LogP contribution < -0.4 is 10.9 Å². The smallest absolute Gasteiger partial charge is 0.412 e. The fourth-order valence-electron chi connectivity index (χ4n) is 2.19. The molecule has 138 valence electrons. The summed E-state index contributed by atoms with van der Waals surface area (Å²) in [6.07, 6.45) is -0.720. The first-order valence-corrected chi connectivity index (χ1v) is 8.46. The minimum Gasteiger partial charge on any atom is -0.501 e. The number of aromatic nitrogens is 2. The highest BCUT2D eigenvalue weighted by Crippen LogP contribution is 2.31. The van der Waals surface area contributed by atoms with Gasteiger partial charge in [-0.15, -0.1) is 11.3 Å². The molecule has 0 aliphatic heterocycles. The number of carboxylic acid groups (broad SMARTS) is 1. The average Bonchev–Trinajstić information content (AvgIpc) is 3.11. The van der Waals surface area contributed by atoms with E-state index in [0.717, 1.165) is 16.9 Å². The highest BCUT2D eigenvalue weighted by atomic mass is 32.1. The highest BCUT2D eigenvalue weighted by Gasteiger charge is 2.20. The first-order valence-electron chi connectivity index (χ1n) is 7.58. The third kappa shape index (κ3) is 4.12. The molecule has 0 spiro atoms. The number of carboxylic acids is 1. The quantitative estimate of drug-likeness (QED) is 0.527. The van der Waals surface area contributed by atoms with Crippen molar-refractivity contribution in [3.8, 4) is 17.1 Å². The normalized spacial score (nSPS) is 10.4. The van der Waals surface area contributed by atoms with Crippen molar-refractivity contribution < 1.29 is 24.5 Å². The van der Waals surface area contributed by atoms with E-state index in [1.807, 2.05) is 30.3 Å². The number of aromatic carboxylic acids is 1. The van der Waals surface area contributed by atoms with Gasteiger partial charge in [0.15, 0.2) is 5.69 Å². The van der Waals surface area contributed by atoms with Crippen molar-refractivity contribution in [3.63, 3.8) is 0 Å². The van der Waals surface area contributed by atoms with Gasteiger partial charge in [0.25, 0.3) is 5.56 Å². The minimum atomic E-state index is -1.55. The van der Waals surface area contributed by atoms with E-state index in [0.29, 0.717) is 5.00 Å². The van der Waals surface area contributed by atoms with E-state index < -0.39 is 29.1 Å². The van der Waals surface area contributed by atoms with Crippen molar-refractivity contribution in [2.24, 2.45) is 0 Å². The number of H-pyrrole nitrogens is 1. The zero-order valence-corrected chi connectivity index (χ0v) is 14.4. The third-order valence-corrected chi connectivity index (χ3v) is 4.28. The number of benzene rings is 1. The Kier molecular flexibility index (Phi) is 5.18. The first kappa shape index (κ1) is 18.1. The summed E-state index contributed by atoms with van der Waals surface area (Å²) in [5, 5.41) is 23.0. The Morgan fingerprint density at radius 1 is 1.22 bits per heavy atom. The molecule has 27 heavy (non-hydrogen) atoms. The maximum Gasteiger partial charge on any atom is 0.412 e. The van der Waals surface area contributed by atoms with Crippen molar-refractivity contribution in [2.45, 2.75) is 6.61 Å². The number of aromatic hydroxyl groups is 1. The Labute approximate surface area is 155 Å². The van der Waals surface area contributed by atoms with Crippen LogP contribution in [-0.4, -0.2) is 32.2 Å². The summed E-state index contributed by atoms with van der Waals surface area (Å²) >= 11 is 1.13. The molecule has 0 unspecified atom stereocenters. The van der Waals surface area contributed by atoms with Gasteiger partial charge < -0.3 is 19.9 Å². The molecule has 0 fully saturated rings. The lowest BCUT2D eigenvalue weighted by atomic mass is 10.2. The van der Waals surface area contributed by atoms with Gasteiger partial charge in [-0.25, -0.2) is 14.6 Å². The largest absolute Gasteiger partial charge is 0.501 e. The second-order valence-electron chi connectivity index (χ2n) is 5.27. The van der Waals surface area contributed by atoms with Gasteiger partial charge >= 0.3 is 12.1 Å². The highest BCUT2D eigenvalue weighted by molar-refractivity contribution is 7.15. The van der Waals surface area contributed by atoms with Crippen molar-refractivity contribution in [1.29, 1.82) is 0 Å². The van der Waals surface area contributed by atoms with Gasteiger partial charge in [-0.3, -0.25) is 10.1 Å². The van der Waals surface area contributed by atoms with Crippen molar-refractivity contribution in [2.75, 3.05) is 5.32 Å². The minimum absolute atomic E-state index is 0.0742. The molecule has 9 nitrogen and oxygen atoms in total. The standard InChI is InChI=1S/C17H13N3O6S/c21-12-11(16(23)24)18-13(19-14(12)22)10-6-7-27-15(10)20-17(25)26-8-9-4-2-1-3-5-9/h1-7,21H,8H2,(H,20,25)(H,23,24)(H,18,19,22). The van der Waals surface area contributed by atoms with Gasteiger partial charge in [-0.2, -0.15) is 0 Å². The zero-order chi connectivity index (χ0) is 19.4. The number of carbonyl (C=O) groups excluding carboxylic acids is 1. The van der Waals surface area contributed by atoms with Gasteiger partial charge in [0.05, 0.1) is 5.56 Å². The van der Waals surface area contributed by atoms with Crippen molar-refractivity contribution in [3.05, 3.63) is 63.4 Å². The molecular weight excluding hydrogens is 374 g/mol. The molecule has 0 radical (unpaired) electrons. The number of amides is 1.